The fourth-order valence-corrected chi connectivity index (χ4v) is 1.89. The average Bonchev–Trinajstić information content (AvgIpc) is 2.44. The first-order valence-electron chi connectivity index (χ1n) is 6.05. The molecule has 0 aliphatic heterocycles. The molecule has 2 rings (SSSR count). The summed E-state index contributed by atoms with van der Waals surface area (Å²) in [7, 11) is 0. The van der Waals surface area contributed by atoms with E-state index in [0.717, 1.165) is 6.07 Å². The van der Waals surface area contributed by atoms with Crippen molar-refractivity contribution in [1.29, 1.82) is 0 Å². The highest BCUT2D eigenvalue weighted by Crippen LogP contribution is 2.20. The van der Waals surface area contributed by atoms with E-state index in [1.807, 2.05) is 0 Å². The minimum absolute atomic E-state index is 0.0281. The van der Waals surface area contributed by atoms with Gasteiger partial charge in [-0.2, -0.15) is 0 Å². The van der Waals surface area contributed by atoms with E-state index in [4.69, 9.17) is 0 Å². The van der Waals surface area contributed by atoms with E-state index in [9.17, 15) is 18.7 Å². The van der Waals surface area contributed by atoms with Crippen LogP contribution in [0.4, 0.5) is 14.5 Å². The molecule has 2 N–H and O–H groups in total. The fourth-order valence-electron chi connectivity index (χ4n) is 1.89. The van der Waals surface area contributed by atoms with Crippen LogP contribution >= 0.6 is 0 Å². The molecule has 0 spiro atoms. The van der Waals surface area contributed by atoms with Gasteiger partial charge in [0.05, 0.1) is 11.6 Å². The summed E-state index contributed by atoms with van der Waals surface area (Å²) < 4.78 is 26.5. The minimum atomic E-state index is -1.03. The smallest absolute Gasteiger partial charge is 0.312 e. The lowest BCUT2D eigenvalue weighted by atomic mass is 9.99. The Hall–Kier alpha value is -2.43. The molecule has 0 heterocycles. The van der Waals surface area contributed by atoms with Crippen LogP contribution in [0.25, 0.3) is 0 Å². The summed E-state index contributed by atoms with van der Waals surface area (Å²) in [5, 5.41) is 11.9. The van der Waals surface area contributed by atoms with Crippen molar-refractivity contribution < 1.29 is 18.7 Å². The van der Waals surface area contributed by atoms with Crippen LogP contribution in [0.2, 0.25) is 0 Å². The van der Waals surface area contributed by atoms with Crippen molar-refractivity contribution in [3.63, 3.8) is 0 Å². The lowest BCUT2D eigenvalue weighted by Crippen LogP contribution is -2.21. The predicted molar refractivity (Wildman–Crippen MR) is 71.7 cm³/mol. The third kappa shape index (κ3) is 3.12. The highest BCUT2D eigenvalue weighted by atomic mass is 19.2. The molecular formula is C15H13F2NO2. The van der Waals surface area contributed by atoms with Gasteiger partial charge in [0.1, 0.15) is 0 Å². The van der Waals surface area contributed by atoms with E-state index in [-0.39, 0.29) is 12.2 Å². The molecule has 0 aliphatic carbocycles. The highest BCUT2D eigenvalue weighted by molar-refractivity contribution is 5.77. The number of hydrogen-bond acceptors (Lipinski definition) is 2. The van der Waals surface area contributed by atoms with Crippen molar-refractivity contribution in [3.8, 4) is 0 Å². The molecule has 0 bridgehead atoms. The van der Waals surface area contributed by atoms with Crippen LogP contribution in [-0.4, -0.2) is 17.6 Å². The van der Waals surface area contributed by atoms with E-state index in [1.165, 1.54) is 12.1 Å². The molecule has 0 amide bonds. The molecule has 1 unspecified atom stereocenters. The zero-order valence-electron chi connectivity index (χ0n) is 10.5. The quantitative estimate of drug-likeness (QED) is 0.882. The Labute approximate surface area is 114 Å². The van der Waals surface area contributed by atoms with Crippen LogP contribution in [0.15, 0.2) is 48.5 Å². The van der Waals surface area contributed by atoms with E-state index in [0.29, 0.717) is 5.56 Å². The summed E-state index contributed by atoms with van der Waals surface area (Å²) in [6.07, 6.45) is 0. The summed E-state index contributed by atoms with van der Waals surface area (Å²) in [4.78, 5) is 11.3. The second-order valence-electron chi connectivity index (χ2n) is 4.28. The van der Waals surface area contributed by atoms with E-state index in [1.54, 1.807) is 30.3 Å². The molecule has 20 heavy (non-hydrogen) atoms. The number of carboxylic acids is 1. The Morgan fingerprint density at radius 3 is 2.45 bits per heavy atom. The molecule has 1 atom stereocenters. The van der Waals surface area contributed by atoms with E-state index < -0.39 is 23.5 Å². The molecule has 0 fully saturated rings. The molecule has 0 saturated carbocycles. The maximum absolute atomic E-state index is 13.5. The van der Waals surface area contributed by atoms with Gasteiger partial charge in [0, 0.05) is 6.54 Å². The number of anilines is 1. The van der Waals surface area contributed by atoms with Gasteiger partial charge in [-0.3, -0.25) is 4.79 Å². The van der Waals surface area contributed by atoms with E-state index >= 15 is 0 Å². The number of hydrogen-bond donors (Lipinski definition) is 2. The van der Waals surface area contributed by atoms with Gasteiger partial charge in [-0.25, -0.2) is 8.78 Å². The monoisotopic (exact) mass is 277 g/mol. The lowest BCUT2D eigenvalue weighted by molar-refractivity contribution is -0.138. The Balaban J connectivity index is 2.14. The molecule has 3 nitrogen and oxygen atoms in total. The number of carbonyl (C=O) groups is 1. The van der Waals surface area contributed by atoms with Gasteiger partial charge in [0.15, 0.2) is 11.6 Å². The van der Waals surface area contributed by atoms with Gasteiger partial charge in [-0.05, 0) is 17.7 Å². The average molecular weight is 277 g/mol. The topological polar surface area (TPSA) is 49.3 Å². The fraction of sp³-hybridized carbons (Fsp3) is 0.133. The van der Waals surface area contributed by atoms with Gasteiger partial charge < -0.3 is 10.4 Å². The van der Waals surface area contributed by atoms with Crippen molar-refractivity contribution in [2.24, 2.45) is 0 Å². The molecule has 104 valence electrons. The summed E-state index contributed by atoms with van der Waals surface area (Å²) in [5.74, 6) is -3.84. The number of benzene rings is 2. The first kappa shape index (κ1) is 14.0. The second-order valence-corrected chi connectivity index (χ2v) is 4.28. The molecule has 0 aliphatic rings. The minimum Gasteiger partial charge on any atom is -0.481 e. The standard InChI is InChI=1S/C15H13F2NO2/c16-12-7-4-8-13(14(12)17)18-9-11(15(19)20)10-5-2-1-3-6-10/h1-8,11,18H,9H2,(H,19,20). The molecule has 5 heteroatoms. The Morgan fingerprint density at radius 2 is 1.80 bits per heavy atom. The van der Waals surface area contributed by atoms with Crippen molar-refractivity contribution >= 4 is 11.7 Å². The largest absolute Gasteiger partial charge is 0.481 e. The maximum atomic E-state index is 13.5. The SMILES string of the molecule is O=C(O)C(CNc1cccc(F)c1F)c1ccccc1. The molecule has 2 aromatic carbocycles. The Bertz CT molecular complexity index is 602. The van der Waals surface area contributed by atoms with Crippen LogP contribution in [0.5, 0.6) is 0 Å². The van der Waals surface area contributed by atoms with Gasteiger partial charge >= 0.3 is 5.97 Å². The molecule has 0 saturated heterocycles. The van der Waals surface area contributed by atoms with Crippen molar-refractivity contribution in [3.05, 3.63) is 65.7 Å². The summed E-state index contributed by atoms with van der Waals surface area (Å²) in [6.45, 7) is -0.0281. The van der Waals surface area contributed by atoms with Gasteiger partial charge in [-0.1, -0.05) is 36.4 Å². The molecule has 0 aromatic heterocycles. The number of aliphatic carboxylic acids is 1. The molecular weight excluding hydrogens is 264 g/mol. The normalized spacial score (nSPS) is 11.9. The Kier molecular flexibility index (Phi) is 4.30. The van der Waals surface area contributed by atoms with Crippen LogP contribution in [-0.2, 0) is 4.79 Å². The number of nitrogens with one attached hydrogen (secondary N) is 1. The first-order valence-corrected chi connectivity index (χ1v) is 6.05. The van der Waals surface area contributed by atoms with Crippen LogP contribution in [0.1, 0.15) is 11.5 Å². The van der Waals surface area contributed by atoms with Gasteiger partial charge in [0.25, 0.3) is 0 Å². The van der Waals surface area contributed by atoms with Crippen LogP contribution in [0, 0.1) is 11.6 Å². The predicted octanol–water partition coefficient (Wildman–Crippen LogP) is 3.25. The third-order valence-corrected chi connectivity index (χ3v) is 2.95. The highest BCUT2D eigenvalue weighted by Gasteiger charge is 2.20. The Morgan fingerprint density at radius 1 is 1.10 bits per heavy atom. The zero-order chi connectivity index (χ0) is 14.5. The van der Waals surface area contributed by atoms with Crippen LogP contribution in [0.3, 0.4) is 0 Å². The number of rotatable bonds is 5. The molecule has 0 radical (unpaired) electrons. The third-order valence-electron chi connectivity index (χ3n) is 2.95. The summed E-state index contributed by atoms with van der Waals surface area (Å²) in [5.41, 5.74) is 0.552. The van der Waals surface area contributed by atoms with Crippen LogP contribution < -0.4 is 5.32 Å². The second kappa shape index (κ2) is 6.14. The van der Waals surface area contributed by atoms with E-state index in [2.05, 4.69) is 5.32 Å². The lowest BCUT2D eigenvalue weighted by Gasteiger charge is -2.15. The van der Waals surface area contributed by atoms with Crippen molar-refractivity contribution in [1.82, 2.24) is 0 Å². The molecule has 2 aromatic rings. The maximum Gasteiger partial charge on any atom is 0.312 e. The number of halogens is 2. The first-order chi connectivity index (χ1) is 9.59. The van der Waals surface area contributed by atoms with Crippen molar-refractivity contribution in [2.45, 2.75) is 5.92 Å². The van der Waals surface area contributed by atoms with Crippen molar-refractivity contribution in [2.75, 3.05) is 11.9 Å². The zero-order valence-corrected chi connectivity index (χ0v) is 10.5. The summed E-state index contributed by atoms with van der Waals surface area (Å²) in [6, 6.07) is 12.3. The van der Waals surface area contributed by atoms with Gasteiger partial charge in [0.2, 0.25) is 0 Å². The van der Waals surface area contributed by atoms with Gasteiger partial charge in [-0.15, -0.1) is 0 Å². The summed E-state index contributed by atoms with van der Waals surface area (Å²) >= 11 is 0. The number of carboxylic acid groups (broad SMARTS) is 1.